The van der Waals surface area contributed by atoms with E-state index in [2.05, 4.69) is 15.3 Å². The van der Waals surface area contributed by atoms with Crippen LogP contribution in [0.1, 0.15) is 12.1 Å². The van der Waals surface area contributed by atoms with Crippen molar-refractivity contribution in [3.8, 4) is 5.88 Å². The lowest BCUT2D eigenvalue weighted by molar-refractivity contribution is -0.141. The molecule has 0 radical (unpaired) electrons. The van der Waals surface area contributed by atoms with Crippen LogP contribution >= 0.6 is 0 Å². The molecular weight excluding hydrogens is 264 g/mol. The summed E-state index contributed by atoms with van der Waals surface area (Å²) in [4.78, 5) is 32.4. The van der Waals surface area contributed by atoms with Crippen molar-refractivity contribution in [3.63, 3.8) is 0 Å². The third-order valence-corrected chi connectivity index (χ3v) is 3.08. The van der Waals surface area contributed by atoms with Gasteiger partial charge in [-0.25, -0.2) is 9.78 Å². The fraction of sp³-hybridized carbons (Fsp3) is 0.500. The van der Waals surface area contributed by atoms with Crippen molar-refractivity contribution >= 4 is 17.9 Å². The Morgan fingerprint density at radius 2 is 2.25 bits per heavy atom. The predicted octanol–water partition coefficient (Wildman–Crippen LogP) is 0.732. The third-order valence-electron chi connectivity index (χ3n) is 3.08. The average Bonchev–Trinajstić information content (AvgIpc) is 2.87. The lowest BCUT2D eigenvalue weighted by atomic mass is 10.1. The molecule has 108 valence electrons. The smallest absolute Gasteiger partial charge is 0.324 e. The highest BCUT2D eigenvalue weighted by Crippen LogP contribution is 2.18. The Hall–Kier alpha value is -2.38. The number of aryl methyl sites for hydroxylation is 1. The number of aliphatic carboxylic acids is 1. The van der Waals surface area contributed by atoms with E-state index in [4.69, 9.17) is 9.84 Å². The second-order valence-corrected chi connectivity index (χ2v) is 4.58. The molecule has 8 nitrogen and oxygen atoms in total. The lowest BCUT2D eigenvalue weighted by Gasteiger charge is -2.16. The van der Waals surface area contributed by atoms with Gasteiger partial charge < -0.3 is 14.7 Å². The van der Waals surface area contributed by atoms with Crippen LogP contribution in [0.5, 0.6) is 5.88 Å². The van der Waals surface area contributed by atoms with Gasteiger partial charge in [0.05, 0.1) is 13.0 Å². The Labute approximate surface area is 115 Å². The van der Waals surface area contributed by atoms with Crippen LogP contribution in [0.15, 0.2) is 6.07 Å². The van der Waals surface area contributed by atoms with Crippen LogP contribution in [0.25, 0.3) is 0 Å². The molecule has 0 spiro atoms. The van der Waals surface area contributed by atoms with Crippen LogP contribution in [0.3, 0.4) is 0 Å². The summed E-state index contributed by atoms with van der Waals surface area (Å²) in [6, 6.07) is 1.24. The quantitative estimate of drug-likeness (QED) is 0.845. The van der Waals surface area contributed by atoms with E-state index in [1.165, 1.54) is 12.0 Å². The summed E-state index contributed by atoms with van der Waals surface area (Å²) in [6.07, 6.45) is 0.459. The molecular formula is C12H16N4O4. The van der Waals surface area contributed by atoms with Crippen molar-refractivity contribution in [2.75, 3.05) is 25.5 Å². The van der Waals surface area contributed by atoms with Gasteiger partial charge >= 0.3 is 12.0 Å². The van der Waals surface area contributed by atoms with Gasteiger partial charge in [-0.05, 0) is 13.3 Å². The first-order valence-electron chi connectivity index (χ1n) is 6.18. The minimum absolute atomic E-state index is 0.144. The van der Waals surface area contributed by atoms with Crippen molar-refractivity contribution in [1.82, 2.24) is 14.9 Å². The van der Waals surface area contributed by atoms with Crippen molar-refractivity contribution in [2.45, 2.75) is 13.3 Å². The zero-order valence-electron chi connectivity index (χ0n) is 11.3. The maximum Gasteiger partial charge on any atom is 0.324 e. The van der Waals surface area contributed by atoms with Gasteiger partial charge in [-0.15, -0.1) is 0 Å². The monoisotopic (exact) mass is 280 g/mol. The van der Waals surface area contributed by atoms with Crippen molar-refractivity contribution in [3.05, 3.63) is 11.8 Å². The van der Waals surface area contributed by atoms with Gasteiger partial charge in [0.1, 0.15) is 0 Å². The molecule has 20 heavy (non-hydrogen) atoms. The fourth-order valence-corrected chi connectivity index (χ4v) is 2.02. The number of carboxylic acids is 1. The maximum absolute atomic E-state index is 12.0. The van der Waals surface area contributed by atoms with Gasteiger partial charge in [-0.2, -0.15) is 4.98 Å². The normalized spacial score (nSPS) is 17.9. The second-order valence-electron chi connectivity index (χ2n) is 4.58. The molecule has 2 amide bonds. The first-order valence-corrected chi connectivity index (χ1v) is 6.18. The van der Waals surface area contributed by atoms with Crippen LogP contribution in [-0.2, 0) is 4.79 Å². The molecule has 2 rings (SSSR count). The summed E-state index contributed by atoms with van der Waals surface area (Å²) in [5.74, 6) is -0.884. The standard InChI is InChI=1S/C12H16N4O4/c1-7-5-9(20-2)14-11(13-7)15-12(19)16-4-3-8(6-16)10(17)18/h5,8H,3-4,6H2,1-2H3,(H,17,18)(H,13,14,15,19). The Morgan fingerprint density at radius 3 is 2.85 bits per heavy atom. The molecule has 8 heteroatoms. The number of methoxy groups -OCH3 is 1. The number of carboxylic acid groups (broad SMARTS) is 1. The lowest BCUT2D eigenvalue weighted by Crippen LogP contribution is -2.34. The number of ether oxygens (including phenoxy) is 1. The van der Waals surface area contributed by atoms with Gasteiger partial charge in [0.2, 0.25) is 11.8 Å². The number of nitrogens with one attached hydrogen (secondary N) is 1. The molecule has 2 N–H and O–H groups in total. The van der Waals surface area contributed by atoms with Gasteiger partial charge in [0, 0.05) is 24.8 Å². The number of urea groups is 1. The molecule has 0 aliphatic carbocycles. The molecule has 1 saturated heterocycles. The molecule has 1 fully saturated rings. The largest absolute Gasteiger partial charge is 0.481 e. The number of likely N-dealkylation sites (tertiary alicyclic amines) is 1. The number of nitrogens with zero attached hydrogens (tertiary/aromatic N) is 3. The van der Waals surface area contributed by atoms with Crippen LogP contribution in [0, 0.1) is 12.8 Å². The zero-order chi connectivity index (χ0) is 14.7. The zero-order valence-corrected chi connectivity index (χ0v) is 11.3. The topological polar surface area (TPSA) is 105 Å². The van der Waals surface area contributed by atoms with Crippen molar-refractivity contribution in [2.24, 2.45) is 5.92 Å². The first kappa shape index (κ1) is 14.0. The fourth-order valence-electron chi connectivity index (χ4n) is 2.02. The third kappa shape index (κ3) is 3.14. The summed E-state index contributed by atoms with van der Waals surface area (Å²) in [7, 11) is 1.48. The second kappa shape index (κ2) is 5.72. The summed E-state index contributed by atoms with van der Waals surface area (Å²) < 4.78 is 5.00. The molecule has 0 saturated carbocycles. The number of aromatic nitrogens is 2. The number of carbonyl (C=O) groups is 2. The van der Waals surface area contributed by atoms with Gasteiger partial charge in [-0.3, -0.25) is 10.1 Å². The highest BCUT2D eigenvalue weighted by atomic mass is 16.5. The summed E-state index contributed by atoms with van der Waals surface area (Å²) >= 11 is 0. The van der Waals surface area contributed by atoms with Gasteiger partial charge in [0.25, 0.3) is 0 Å². The summed E-state index contributed by atoms with van der Waals surface area (Å²) in [5.41, 5.74) is 0.664. The van der Waals surface area contributed by atoms with E-state index in [0.717, 1.165) is 0 Å². The van der Waals surface area contributed by atoms with Crippen LogP contribution in [0.2, 0.25) is 0 Å². The molecule has 0 aromatic carbocycles. The summed E-state index contributed by atoms with van der Waals surface area (Å²) in [5, 5.41) is 11.5. The molecule has 1 aromatic rings. The number of anilines is 1. The number of carbonyl (C=O) groups excluding carboxylic acids is 1. The minimum atomic E-state index is -0.881. The molecule has 1 aliphatic heterocycles. The minimum Gasteiger partial charge on any atom is -0.481 e. The van der Waals surface area contributed by atoms with Crippen LogP contribution < -0.4 is 10.1 Å². The summed E-state index contributed by atoms with van der Waals surface area (Å²) in [6.45, 7) is 2.37. The number of rotatable bonds is 3. The number of amides is 2. The van der Waals surface area contributed by atoms with E-state index in [-0.39, 0.29) is 12.5 Å². The molecule has 1 unspecified atom stereocenters. The molecule has 0 bridgehead atoms. The number of hydrogen-bond acceptors (Lipinski definition) is 5. The Balaban J connectivity index is 2.02. The molecule has 1 aliphatic rings. The molecule has 1 aromatic heterocycles. The highest BCUT2D eigenvalue weighted by molar-refractivity contribution is 5.88. The van der Waals surface area contributed by atoms with E-state index >= 15 is 0 Å². The van der Waals surface area contributed by atoms with E-state index in [1.807, 2.05) is 0 Å². The van der Waals surface area contributed by atoms with E-state index in [1.54, 1.807) is 13.0 Å². The van der Waals surface area contributed by atoms with E-state index in [9.17, 15) is 9.59 Å². The predicted molar refractivity (Wildman–Crippen MR) is 69.7 cm³/mol. The molecule has 1 atom stereocenters. The average molecular weight is 280 g/mol. The van der Waals surface area contributed by atoms with E-state index < -0.39 is 17.9 Å². The Bertz CT molecular complexity index is 534. The number of hydrogen-bond donors (Lipinski definition) is 2. The van der Waals surface area contributed by atoms with Crippen LogP contribution in [-0.4, -0.2) is 52.2 Å². The molecule has 2 heterocycles. The Morgan fingerprint density at radius 1 is 1.50 bits per heavy atom. The van der Waals surface area contributed by atoms with Crippen molar-refractivity contribution in [1.29, 1.82) is 0 Å². The van der Waals surface area contributed by atoms with Gasteiger partial charge in [0.15, 0.2) is 0 Å². The maximum atomic E-state index is 12.0. The van der Waals surface area contributed by atoms with E-state index in [0.29, 0.717) is 24.5 Å². The van der Waals surface area contributed by atoms with Crippen molar-refractivity contribution < 1.29 is 19.4 Å². The van der Waals surface area contributed by atoms with Gasteiger partial charge in [-0.1, -0.05) is 0 Å². The SMILES string of the molecule is COc1cc(C)nc(NC(=O)N2CCC(C(=O)O)C2)n1. The van der Waals surface area contributed by atoms with Crippen LogP contribution in [0.4, 0.5) is 10.7 Å². The highest BCUT2D eigenvalue weighted by Gasteiger charge is 2.31. The Kier molecular flexibility index (Phi) is 4.02. The first-order chi connectivity index (χ1) is 9.49.